The maximum Gasteiger partial charge on any atom is 0.283 e. The van der Waals surface area contributed by atoms with Gasteiger partial charge in [-0.2, -0.15) is 0 Å². The normalized spacial score (nSPS) is 19.9. The third-order valence-corrected chi connectivity index (χ3v) is 6.48. The van der Waals surface area contributed by atoms with E-state index in [2.05, 4.69) is 51.1 Å². The van der Waals surface area contributed by atoms with Gasteiger partial charge < -0.3 is 9.59 Å². The van der Waals surface area contributed by atoms with Crippen molar-refractivity contribution >= 4 is 17.1 Å². The van der Waals surface area contributed by atoms with Crippen LogP contribution in [0.25, 0.3) is 0 Å². The number of benzene rings is 2. The van der Waals surface area contributed by atoms with Gasteiger partial charge in [-0.1, -0.05) is 30.3 Å². The number of hydrogen-bond acceptors (Lipinski definition) is 7. The maximum atomic E-state index is 11.1. The van der Waals surface area contributed by atoms with E-state index < -0.39 is 37.6 Å². The Morgan fingerprint density at radius 3 is 1.76 bits per heavy atom. The van der Waals surface area contributed by atoms with Gasteiger partial charge in [0.25, 0.3) is 17.1 Å². The van der Waals surface area contributed by atoms with Crippen molar-refractivity contribution in [2.24, 2.45) is 0 Å². The first-order valence-corrected chi connectivity index (χ1v) is 10.7. The summed E-state index contributed by atoms with van der Waals surface area (Å²) in [5.74, 6) is -0.659. The first kappa shape index (κ1) is 25.7. The molecule has 11 nitrogen and oxygen atoms in total. The summed E-state index contributed by atoms with van der Waals surface area (Å²) < 4.78 is 1.32. The lowest BCUT2D eigenvalue weighted by Gasteiger charge is -2.46. The third-order valence-electron chi connectivity index (χ3n) is 6.48. The topological polar surface area (TPSA) is 152 Å². The van der Waals surface area contributed by atoms with E-state index in [9.17, 15) is 35.4 Å². The van der Waals surface area contributed by atoms with Crippen LogP contribution in [0.5, 0.6) is 5.75 Å². The summed E-state index contributed by atoms with van der Waals surface area (Å²) in [7, 11) is 0. The minimum atomic E-state index is -1.46. The number of rotatable bonds is 6. The molecule has 2 aromatic rings. The molecule has 0 unspecified atom stereocenters. The van der Waals surface area contributed by atoms with Crippen LogP contribution in [0.15, 0.2) is 42.5 Å². The Morgan fingerprint density at radius 1 is 0.909 bits per heavy atom. The summed E-state index contributed by atoms with van der Waals surface area (Å²) >= 11 is 0. The van der Waals surface area contributed by atoms with E-state index in [1.807, 2.05) is 0 Å². The molecule has 0 saturated carbocycles. The van der Waals surface area contributed by atoms with Gasteiger partial charge in [0.05, 0.1) is 58.3 Å². The Labute approximate surface area is 191 Å². The molecule has 0 spiro atoms. The fraction of sp³-hybridized carbons (Fsp3) is 0.455. The molecule has 1 aliphatic rings. The van der Waals surface area contributed by atoms with E-state index in [1.165, 1.54) is 37.0 Å². The van der Waals surface area contributed by atoms with Crippen molar-refractivity contribution in [2.75, 3.05) is 19.6 Å². The Kier molecular flexibility index (Phi) is 8.41. The van der Waals surface area contributed by atoms with E-state index in [-0.39, 0.29) is 0 Å². The second-order valence-electron chi connectivity index (χ2n) is 8.35. The molecule has 0 aliphatic carbocycles. The smallest absolute Gasteiger partial charge is 0.283 e. The molecule has 2 aromatic carbocycles. The molecule has 0 N–H and O–H groups in total. The zero-order chi connectivity index (χ0) is 24.8. The largest absolute Gasteiger partial charge is 0.863 e. The zero-order valence-electron chi connectivity index (χ0n) is 18.9. The van der Waals surface area contributed by atoms with Crippen LogP contribution in [0.2, 0.25) is 0 Å². The minimum absolute atomic E-state index is 0.384. The van der Waals surface area contributed by atoms with Crippen molar-refractivity contribution in [1.29, 1.82) is 0 Å². The van der Waals surface area contributed by atoms with Crippen molar-refractivity contribution in [2.45, 2.75) is 45.6 Å². The molecule has 1 heterocycles. The van der Waals surface area contributed by atoms with Crippen LogP contribution in [-0.4, -0.2) is 44.9 Å². The Bertz CT molecular complexity index is 968. The average molecular weight is 460 g/mol. The van der Waals surface area contributed by atoms with Gasteiger partial charge in [-0.05, 0) is 32.3 Å². The average Bonchev–Trinajstić information content (AvgIpc) is 2.79. The Hall–Kier alpha value is -3.60. The zero-order valence-corrected chi connectivity index (χ0v) is 18.9. The lowest BCUT2D eigenvalue weighted by Crippen LogP contribution is -2.56. The van der Waals surface area contributed by atoms with Crippen LogP contribution in [-0.2, 0) is 0 Å². The number of likely N-dealkylation sites (tertiary alicyclic amines) is 1. The van der Waals surface area contributed by atoms with Crippen LogP contribution in [0.3, 0.4) is 0 Å². The lowest BCUT2D eigenvalue weighted by atomic mass is 9.87. The molecule has 3 rings (SSSR count). The van der Waals surface area contributed by atoms with Crippen molar-refractivity contribution in [3.63, 3.8) is 0 Å². The first-order valence-electron chi connectivity index (χ1n) is 10.7. The molecule has 33 heavy (non-hydrogen) atoms. The fourth-order valence-electron chi connectivity index (χ4n) is 4.30. The number of quaternary nitrogens is 1. The predicted molar refractivity (Wildman–Crippen MR) is 120 cm³/mol. The van der Waals surface area contributed by atoms with Crippen LogP contribution in [0.1, 0.15) is 45.1 Å². The van der Waals surface area contributed by atoms with Gasteiger partial charge in [0.15, 0.2) is 0 Å². The number of nitro benzene ring substituents is 3. The van der Waals surface area contributed by atoms with E-state index in [4.69, 9.17) is 0 Å². The monoisotopic (exact) mass is 460 g/mol. The van der Waals surface area contributed by atoms with Gasteiger partial charge in [-0.3, -0.25) is 30.3 Å². The van der Waals surface area contributed by atoms with E-state index in [0.717, 1.165) is 12.0 Å². The summed E-state index contributed by atoms with van der Waals surface area (Å²) in [6.45, 7) is 11.1. The number of non-ortho nitro benzene ring substituents is 1. The van der Waals surface area contributed by atoms with Crippen LogP contribution < -0.4 is 5.11 Å². The molecule has 0 radical (unpaired) electrons. The Balaban J connectivity index is 0.000000234. The summed E-state index contributed by atoms with van der Waals surface area (Å²) in [6, 6.07) is 12.6. The van der Waals surface area contributed by atoms with E-state index >= 15 is 0 Å². The molecule has 1 fully saturated rings. The summed E-state index contributed by atoms with van der Waals surface area (Å²) in [5.41, 5.74) is -1.72. The number of hydrogen-bond donors (Lipinski definition) is 0. The SMILES string of the molecule is CC[N+]1(C(C)C)CCC(c2ccccc2)CC1.O=[N+]([O-])c1cc([N+](=O)[O-])c([O-])c([N+](=O)[O-])c1. The third kappa shape index (κ3) is 6.01. The van der Waals surface area contributed by atoms with Crippen molar-refractivity contribution in [1.82, 2.24) is 0 Å². The minimum Gasteiger partial charge on any atom is -0.863 e. The van der Waals surface area contributed by atoms with Gasteiger partial charge in [0.2, 0.25) is 0 Å². The van der Waals surface area contributed by atoms with Crippen LogP contribution in [0, 0.1) is 30.3 Å². The summed E-state index contributed by atoms with van der Waals surface area (Å²) in [6.07, 6.45) is 2.71. The van der Waals surface area contributed by atoms with Gasteiger partial charge in [0, 0.05) is 12.8 Å². The van der Waals surface area contributed by atoms with Crippen LogP contribution in [0.4, 0.5) is 17.1 Å². The molecule has 1 aliphatic heterocycles. The predicted octanol–water partition coefficient (Wildman–Crippen LogP) is 4.29. The Morgan fingerprint density at radius 2 is 1.39 bits per heavy atom. The molecule has 0 aromatic heterocycles. The van der Waals surface area contributed by atoms with E-state index in [0.29, 0.717) is 12.1 Å². The standard InChI is InChI=1S/C16H26N.C6H3N3O7/c1-4-17(14(2)3)12-10-16(11-13-17)15-8-6-5-7-9-15;10-6-4(8(13)14)1-3(7(11)12)2-5(6)9(15)16/h5-9,14,16H,4,10-13H2,1-3H3;1-2,10H/q+1;/p-1. The molecule has 1 saturated heterocycles. The highest BCUT2D eigenvalue weighted by Gasteiger charge is 2.35. The van der Waals surface area contributed by atoms with Crippen molar-refractivity contribution < 1.29 is 24.4 Å². The van der Waals surface area contributed by atoms with Gasteiger partial charge in [-0.25, -0.2) is 0 Å². The molecular weight excluding hydrogens is 432 g/mol. The molecule has 0 amide bonds. The highest BCUT2D eigenvalue weighted by molar-refractivity contribution is 5.64. The van der Waals surface area contributed by atoms with Gasteiger partial charge in [-0.15, -0.1) is 0 Å². The van der Waals surface area contributed by atoms with Gasteiger partial charge >= 0.3 is 0 Å². The highest BCUT2D eigenvalue weighted by atomic mass is 16.6. The second-order valence-corrected chi connectivity index (χ2v) is 8.35. The number of piperidine rings is 1. The van der Waals surface area contributed by atoms with E-state index in [1.54, 1.807) is 5.56 Å². The number of nitrogens with zero attached hydrogens (tertiary/aromatic N) is 4. The number of nitro groups is 3. The summed E-state index contributed by atoms with van der Waals surface area (Å²) in [5, 5.41) is 42.1. The van der Waals surface area contributed by atoms with Crippen molar-refractivity contribution in [3.8, 4) is 5.75 Å². The quantitative estimate of drug-likeness (QED) is 0.354. The highest BCUT2D eigenvalue weighted by Crippen LogP contribution is 2.37. The van der Waals surface area contributed by atoms with Crippen LogP contribution >= 0.6 is 0 Å². The first-order chi connectivity index (χ1) is 15.5. The summed E-state index contributed by atoms with van der Waals surface area (Å²) in [4.78, 5) is 27.5. The fourth-order valence-corrected chi connectivity index (χ4v) is 4.30. The maximum absolute atomic E-state index is 11.1. The molecular formula is C22H28N4O7. The molecule has 0 atom stereocenters. The lowest BCUT2D eigenvalue weighted by molar-refractivity contribution is -0.950. The molecule has 11 heteroatoms. The molecule has 0 bridgehead atoms. The molecule has 178 valence electrons. The van der Waals surface area contributed by atoms with Gasteiger partial charge in [0.1, 0.15) is 0 Å². The second kappa shape index (κ2) is 10.8. The van der Waals surface area contributed by atoms with Crippen molar-refractivity contribution in [3.05, 3.63) is 78.4 Å².